The largest absolute Gasteiger partial charge is 0.488 e. The molecule has 0 atom stereocenters. The van der Waals surface area contributed by atoms with Crippen molar-refractivity contribution in [2.45, 2.75) is 6.61 Å². The number of halogens is 2. The summed E-state index contributed by atoms with van der Waals surface area (Å²) in [5.74, 6) is 0.649. The molecule has 0 saturated heterocycles. The third-order valence-electron chi connectivity index (χ3n) is 2.48. The second-order valence-electron chi connectivity index (χ2n) is 3.84. The summed E-state index contributed by atoms with van der Waals surface area (Å²) in [6, 6.07) is 12.9. The monoisotopic (exact) mass is 339 g/mol. The Morgan fingerprint density at radius 2 is 1.95 bits per heavy atom. The Hall–Kier alpha value is -1.52. The third kappa shape index (κ3) is 3.98. The Labute approximate surface area is 124 Å². The van der Waals surface area contributed by atoms with Gasteiger partial charge in [-0.3, -0.25) is 0 Å². The van der Waals surface area contributed by atoms with Gasteiger partial charge in [0.1, 0.15) is 12.4 Å². The van der Waals surface area contributed by atoms with Crippen LogP contribution in [0.2, 0.25) is 5.02 Å². The minimum absolute atomic E-state index is 0.422. The Morgan fingerprint density at radius 3 is 2.63 bits per heavy atom. The Morgan fingerprint density at radius 1 is 1.21 bits per heavy atom. The normalized spacial score (nSPS) is 10.8. The smallest absolute Gasteiger partial charge is 0.128 e. The van der Waals surface area contributed by atoms with Gasteiger partial charge in [-0.1, -0.05) is 44.8 Å². The molecule has 0 saturated carbocycles. The number of hydrogen-bond acceptors (Lipinski definition) is 3. The second-order valence-corrected chi connectivity index (χ2v) is 5.19. The molecule has 0 heterocycles. The van der Waals surface area contributed by atoms with E-state index >= 15 is 0 Å². The number of rotatable bonds is 4. The molecule has 0 aliphatic carbocycles. The van der Waals surface area contributed by atoms with E-state index < -0.39 is 0 Å². The van der Waals surface area contributed by atoms with Crippen LogP contribution in [-0.4, -0.2) is 11.4 Å². The zero-order valence-electron chi connectivity index (χ0n) is 9.88. The van der Waals surface area contributed by atoms with Crippen molar-refractivity contribution in [2.24, 2.45) is 5.16 Å². The highest BCUT2D eigenvalue weighted by molar-refractivity contribution is 9.10. The summed E-state index contributed by atoms with van der Waals surface area (Å²) >= 11 is 9.18. The maximum Gasteiger partial charge on any atom is 0.128 e. The van der Waals surface area contributed by atoms with Gasteiger partial charge in [0.05, 0.1) is 6.21 Å². The van der Waals surface area contributed by atoms with E-state index in [-0.39, 0.29) is 0 Å². The number of benzene rings is 2. The maximum atomic E-state index is 8.63. The van der Waals surface area contributed by atoms with E-state index in [2.05, 4.69) is 21.1 Å². The van der Waals surface area contributed by atoms with Gasteiger partial charge in [0.2, 0.25) is 0 Å². The Balaban J connectivity index is 2.12. The quantitative estimate of drug-likeness (QED) is 0.506. The van der Waals surface area contributed by atoms with Gasteiger partial charge in [-0.15, -0.1) is 0 Å². The lowest BCUT2D eigenvalue weighted by molar-refractivity contribution is 0.304. The summed E-state index contributed by atoms with van der Waals surface area (Å²) in [7, 11) is 0. The van der Waals surface area contributed by atoms with Crippen LogP contribution >= 0.6 is 27.5 Å². The number of oxime groups is 1. The molecule has 0 radical (unpaired) electrons. The van der Waals surface area contributed by atoms with Gasteiger partial charge in [0.25, 0.3) is 0 Å². The molecular formula is C14H11BrClNO2. The molecule has 2 rings (SSSR count). The first-order chi connectivity index (χ1) is 9.19. The highest BCUT2D eigenvalue weighted by atomic mass is 79.9. The molecule has 1 N–H and O–H groups in total. The Bertz CT molecular complexity index is 584. The summed E-state index contributed by atoms with van der Waals surface area (Å²) in [5.41, 5.74) is 1.71. The first-order valence-electron chi connectivity index (χ1n) is 5.53. The van der Waals surface area contributed by atoms with Gasteiger partial charge in [-0.25, -0.2) is 0 Å². The van der Waals surface area contributed by atoms with Gasteiger partial charge in [0, 0.05) is 15.1 Å². The SMILES string of the molecule is O/N=C\c1cc(Br)ccc1OCc1ccc(Cl)cc1. The molecular weight excluding hydrogens is 330 g/mol. The molecule has 0 bridgehead atoms. The summed E-state index contributed by atoms with van der Waals surface area (Å²) < 4.78 is 6.59. The third-order valence-corrected chi connectivity index (χ3v) is 3.22. The van der Waals surface area contributed by atoms with Crippen LogP contribution < -0.4 is 4.74 Å². The van der Waals surface area contributed by atoms with Crippen molar-refractivity contribution in [1.82, 2.24) is 0 Å². The van der Waals surface area contributed by atoms with Crippen molar-refractivity contribution >= 4 is 33.7 Å². The van der Waals surface area contributed by atoms with E-state index in [1.165, 1.54) is 6.21 Å². The van der Waals surface area contributed by atoms with Crippen LogP contribution in [0.25, 0.3) is 0 Å². The van der Waals surface area contributed by atoms with Crippen LogP contribution in [0.4, 0.5) is 0 Å². The van der Waals surface area contributed by atoms with E-state index in [1.54, 1.807) is 0 Å². The first-order valence-corrected chi connectivity index (χ1v) is 6.70. The average Bonchev–Trinajstić information content (AvgIpc) is 2.40. The van der Waals surface area contributed by atoms with Crippen molar-refractivity contribution in [2.75, 3.05) is 0 Å². The van der Waals surface area contributed by atoms with Crippen LogP contribution in [0.3, 0.4) is 0 Å². The van der Waals surface area contributed by atoms with Crippen molar-refractivity contribution in [3.05, 3.63) is 63.1 Å². The van der Waals surface area contributed by atoms with E-state index in [9.17, 15) is 0 Å². The van der Waals surface area contributed by atoms with E-state index in [0.717, 1.165) is 10.0 Å². The minimum atomic E-state index is 0.422. The highest BCUT2D eigenvalue weighted by Crippen LogP contribution is 2.23. The molecule has 19 heavy (non-hydrogen) atoms. The summed E-state index contributed by atoms with van der Waals surface area (Å²) in [5, 5.41) is 12.4. The Kier molecular flexibility index (Phi) is 4.82. The van der Waals surface area contributed by atoms with Crippen molar-refractivity contribution in [1.29, 1.82) is 0 Å². The lowest BCUT2D eigenvalue weighted by Gasteiger charge is -2.09. The fraction of sp³-hybridized carbons (Fsp3) is 0.0714. The highest BCUT2D eigenvalue weighted by Gasteiger charge is 2.03. The molecule has 3 nitrogen and oxygen atoms in total. The van der Waals surface area contributed by atoms with E-state index in [4.69, 9.17) is 21.5 Å². The van der Waals surface area contributed by atoms with Crippen LogP contribution in [-0.2, 0) is 6.61 Å². The molecule has 0 aromatic heterocycles. The lowest BCUT2D eigenvalue weighted by atomic mass is 10.2. The average molecular weight is 341 g/mol. The molecule has 0 amide bonds. The molecule has 0 spiro atoms. The van der Waals surface area contributed by atoms with Crippen LogP contribution in [0.5, 0.6) is 5.75 Å². The van der Waals surface area contributed by atoms with Gasteiger partial charge in [0.15, 0.2) is 0 Å². The standard InChI is InChI=1S/C14H11BrClNO2/c15-12-3-6-14(11(7-12)8-17-18)19-9-10-1-4-13(16)5-2-10/h1-8,18H,9H2/b17-8-. The summed E-state index contributed by atoms with van der Waals surface area (Å²) in [6.45, 7) is 0.422. The first kappa shape index (κ1) is 13.9. The topological polar surface area (TPSA) is 41.8 Å². The molecule has 2 aromatic carbocycles. The molecule has 0 aliphatic heterocycles. The predicted molar refractivity (Wildman–Crippen MR) is 79.3 cm³/mol. The zero-order valence-corrected chi connectivity index (χ0v) is 12.2. The molecule has 98 valence electrons. The zero-order chi connectivity index (χ0) is 13.7. The molecule has 2 aromatic rings. The van der Waals surface area contributed by atoms with E-state index in [1.807, 2.05) is 42.5 Å². The van der Waals surface area contributed by atoms with Crippen molar-refractivity contribution in [3.8, 4) is 5.75 Å². The number of hydrogen-bond donors (Lipinski definition) is 1. The van der Waals surface area contributed by atoms with Crippen molar-refractivity contribution in [3.63, 3.8) is 0 Å². The van der Waals surface area contributed by atoms with Gasteiger partial charge >= 0.3 is 0 Å². The number of ether oxygens (including phenoxy) is 1. The van der Waals surface area contributed by atoms with Crippen LogP contribution in [0.1, 0.15) is 11.1 Å². The van der Waals surface area contributed by atoms with Gasteiger partial charge in [-0.2, -0.15) is 0 Å². The summed E-state index contributed by atoms with van der Waals surface area (Å²) in [6.07, 6.45) is 1.34. The molecule has 0 aliphatic rings. The molecule has 5 heteroatoms. The predicted octanol–water partition coefficient (Wildman–Crippen LogP) is 4.49. The fourth-order valence-corrected chi connectivity index (χ4v) is 2.06. The maximum absolute atomic E-state index is 8.63. The summed E-state index contributed by atoms with van der Waals surface area (Å²) in [4.78, 5) is 0. The number of nitrogens with zero attached hydrogens (tertiary/aromatic N) is 1. The van der Waals surface area contributed by atoms with E-state index in [0.29, 0.717) is 22.9 Å². The van der Waals surface area contributed by atoms with Crippen molar-refractivity contribution < 1.29 is 9.94 Å². The van der Waals surface area contributed by atoms with Crippen LogP contribution in [0, 0.1) is 0 Å². The molecule has 0 unspecified atom stereocenters. The van der Waals surface area contributed by atoms with Gasteiger partial charge in [-0.05, 0) is 35.9 Å². The van der Waals surface area contributed by atoms with Gasteiger partial charge < -0.3 is 9.94 Å². The fourth-order valence-electron chi connectivity index (χ4n) is 1.56. The lowest BCUT2D eigenvalue weighted by Crippen LogP contribution is -1.98. The minimum Gasteiger partial charge on any atom is -0.488 e. The molecule has 0 fully saturated rings. The van der Waals surface area contributed by atoms with Crippen LogP contribution in [0.15, 0.2) is 52.1 Å². The second kappa shape index (κ2) is 6.59.